The molecule has 0 saturated heterocycles. The summed E-state index contributed by atoms with van der Waals surface area (Å²) in [5, 5.41) is 4.27. The van der Waals surface area contributed by atoms with Crippen LogP contribution in [0, 0.1) is 0 Å². The van der Waals surface area contributed by atoms with Crippen molar-refractivity contribution in [2.75, 3.05) is 19.0 Å². The Kier molecular flexibility index (Phi) is 3.98. The van der Waals surface area contributed by atoms with Gasteiger partial charge in [0.15, 0.2) is 5.13 Å². The average molecular weight is 248 g/mol. The van der Waals surface area contributed by atoms with E-state index < -0.39 is 0 Å². The molecule has 0 spiro atoms. The van der Waals surface area contributed by atoms with Crippen LogP contribution >= 0.6 is 11.3 Å². The van der Waals surface area contributed by atoms with Crippen LogP contribution in [0.1, 0.15) is 13.3 Å². The molecule has 3 nitrogen and oxygen atoms in total. The quantitative estimate of drug-likeness (QED) is 0.877. The molecule has 0 saturated carbocycles. The summed E-state index contributed by atoms with van der Waals surface area (Å²) in [6, 6.07) is 8.04. The fraction of sp³-hybridized carbons (Fsp3) is 0.308. The zero-order valence-electron chi connectivity index (χ0n) is 10.1. The van der Waals surface area contributed by atoms with Crippen molar-refractivity contribution in [1.29, 1.82) is 0 Å². The van der Waals surface area contributed by atoms with E-state index >= 15 is 0 Å². The predicted octanol–water partition coefficient (Wildman–Crippen LogP) is 3.64. The van der Waals surface area contributed by atoms with Crippen molar-refractivity contribution < 1.29 is 4.74 Å². The van der Waals surface area contributed by atoms with Gasteiger partial charge in [-0.15, -0.1) is 0 Å². The number of thiazole rings is 1. The molecule has 2 aromatic rings. The van der Waals surface area contributed by atoms with E-state index in [1.807, 2.05) is 18.3 Å². The highest BCUT2D eigenvalue weighted by Gasteiger charge is 2.03. The van der Waals surface area contributed by atoms with Gasteiger partial charge in [-0.25, -0.2) is 4.98 Å². The van der Waals surface area contributed by atoms with Crippen molar-refractivity contribution in [3.8, 4) is 16.2 Å². The van der Waals surface area contributed by atoms with E-state index in [0.29, 0.717) is 0 Å². The van der Waals surface area contributed by atoms with Crippen LogP contribution < -0.4 is 10.1 Å². The van der Waals surface area contributed by atoms with Crippen molar-refractivity contribution in [1.82, 2.24) is 4.98 Å². The molecule has 0 amide bonds. The smallest absolute Gasteiger partial charge is 0.183 e. The molecule has 17 heavy (non-hydrogen) atoms. The lowest BCUT2D eigenvalue weighted by molar-refractivity contribution is 0.415. The van der Waals surface area contributed by atoms with Crippen LogP contribution in [0.3, 0.4) is 0 Å². The number of anilines is 1. The van der Waals surface area contributed by atoms with Crippen molar-refractivity contribution >= 4 is 16.5 Å². The Morgan fingerprint density at radius 2 is 2.06 bits per heavy atom. The zero-order valence-corrected chi connectivity index (χ0v) is 10.9. The molecule has 0 aliphatic rings. The summed E-state index contributed by atoms with van der Waals surface area (Å²) in [6.45, 7) is 3.11. The molecule has 1 aromatic heterocycles. The maximum absolute atomic E-state index is 5.14. The molecule has 0 aliphatic heterocycles. The molecular formula is C13H16N2OS. The number of ether oxygens (including phenoxy) is 1. The second-order valence-electron chi connectivity index (χ2n) is 3.68. The van der Waals surface area contributed by atoms with Crippen molar-refractivity contribution in [2.24, 2.45) is 0 Å². The fourth-order valence-corrected chi connectivity index (χ4v) is 2.32. The van der Waals surface area contributed by atoms with Gasteiger partial charge in [0.1, 0.15) is 5.75 Å². The van der Waals surface area contributed by atoms with Crippen molar-refractivity contribution in [2.45, 2.75) is 13.3 Å². The minimum Gasteiger partial charge on any atom is -0.497 e. The van der Waals surface area contributed by atoms with Crippen LogP contribution in [0.25, 0.3) is 10.4 Å². The Labute approximate surface area is 105 Å². The first-order valence-electron chi connectivity index (χ1n) is 5.67. The molecule has 1 N–H and O–H groups in total. The highest BCUT2D eigenvalue weighted by Crippen LogP contribution is 2.29. The molecule has 0 unspecified atom stereocenters. The van der Waals surface area contributed by atoms with Gasteiger partial charge in [0, 0.05) is 12.7 Å². The molecule has 90 valence electrons. The molecule has 4 heteroatoms. The first-order chi connectivity index (χ1) is 8.33. The van der Waals surface area contributed by atoms with Gasteiger partial charge in [-0.1, -0.05) is 18.3 Å². The Hall–Kier alpha value is -1.55. The summed E-state index contributed by atoms with van der Waals surface area (Å²) in [7, 11) is 1.68. The van der Waals surface area contributed by atoms with E-state index in [1.165, 1.54) is 10.4 Å². The molecule has 2 rings (SSSR count). The Morgan fingerprint density at radius 3 is 2.71 bits per heavy atom. The third-order valence-corrected chi connectivity index (χ3v) is 3.41. The Balaban J connectivity index is 2.12. The monoisotopic (exact) mass is 248 g/mol. The van der Waals surface area contributed by atoms with Gasteiger partial charge >= 0.3 is 0 Å². The average Bonchev–Trinajstić information content (AvgIpc) is 2.85. The first kappa shape index (κ1) is 11.9. The van der Waals surface area contributed by atoms with E-state index in [4.69, 9.17) is 4.74 Å². The topological polar surface area (TPSA) is 34.2 Å². The molecule has 1 aromatic carbocycles. The van der Waals surface area contributed by atoms with Crippen LogP contribution in [0.2, 0.25) is 0 Å². The van der Waals surface area contributed by atoms with E-state index in [9.17, 15) is 0 Å². The first-order valence-corrected chi connectivity index (χ1v) is 6.49. The number of benzene rings is 1. The van der Waals surface area contributed by atoms with Crippen LogP contribution in [-0.4, -0.2) is 18.6 Å². The third-order valence-electron chi connectivity index (χ3n) is 2.41. The Morgan fingerprint density at radius 1 is 1.29 bits per heavy atom. The number of nitrogens with zero attached hydrogens (tertiary/aromatic N) is 1. The second-order valence-corrected chi connectivity index (χ2v) is 4.72. The van der Waals surface area contributed by atoms with E-state index in [1.54, 1.807) is 18.4 Å². The highest BCUT2D eigenvalue weighted by molar-refractivity contribution is 7.18. The summed E-state index contributed by atoms with van der Waals surface area (Å²) in [5.41, 5.74) is 1.17. The van der Waals surface area contributed by atoms with Gasteiger partial charge < -0.3 is 10.1 Å². The van der Waals surface area contributed by atoms with Gasteiger partial charge in [0.2, 0.25) is 0 Å². The summed E-state index contributed by atoms with van der Waals surface area (Å²) >= 11 is 1.68. The fourth-order valence-electron chi connectivity index (χ4n) is 1.48. The number of hydrogen-bond acceptors (Lipinski definition) is 4. The summed E-state index contributed by atoms with van der Waals surface area (Å²) in [4.78, 5) is 5.52. The summed E-state index contributed by atoms with van der Waals surface area (Å²) < 4.78 is 5.14. The molecular weight excluding hydrogens is 232 g/mol. The number of methoxy groups -OCH3 is 1. The SMILES string of the molecule is CCCNc1ncc(-c2ccc(OC)cc2)s1. The zero-order chi connectivity index (χ0) is 12.1. The molecule has 1 heterocycles. The highest BCUT2D eigenvalue weighted by atomic mass is 32.1. The normalized spacial score (nSPS) is 10.2. The van der Waals surface area contributed by atoms with Crippen LogP contribution in [0.4, 0.5) is 5.13 Å². The standard InChI is InChI=1S/C13H16N2OS/c1-3-8-14-13-15-9-12(17-13)10-4-6-11(16-2)7-5-10/h4-7,9H,3,8H2,1-2H3,(H,14,15). The van der Waals surface area contributed by atoms with Crippen LogP contribution in [-0.2, 0) is 0 Å². The molecule has 0 atom stereocenters. The number of aromatic nitrogens is 1. The largest absolute Gasteiger partial charge is 0.497 e. The lowest BCUT2D eigenvalue weighted by Gasteiger charge is -2.00. The van der Waals surface area contributed by atoms with Gasteiger partial charge in [-0.05, 0) is 36.2 Å². The number of nitrogens with one attached hydrogen (secondary N) is 1. The number of rotatable bonds is 5. The predicted molar refractivity (Wildman–Crippen MR) is 72.9 cm³/mol. The van der Waals surface area contributed by atoms with Crippen molar-refractivity contribution in [3.63, 3.8) is 0 Å². The third kappa shape index (κ3) is 2.97. The minimum absolute atomic E-state index is 0.877. The molecule has 0 fully saturated rings. The number of hydrogen-bond donors (Lipinski definition) is 1. The lowest BCUT2D eigenvalue weighted by atomic mass is 10.2. The molecule has 0 aliphatic carbocycles. The maximum atomic E-state index is 5.14. The van der Waals surface area contributed by atoms with Crippen LogP contribution in [0.5, 0.6) is 5.75 Å². The van der Waals surface area contributed by atoms with Gasteiger partial charge in [-0.2, -0.15) is 0 Å². The second kappa shape index (κ2) is 5.68. The van der Waals surface area contributed by atoms with Crippen LogP contribution in [0.15, 0.2) is 30.5 Å². The Bertz CT molecular complexity index is 465. The maximum Gasteiger partial charge on any atom is 0.183 e. The molecule has 0 bridgehead atoms. The molecule has 0 radical (unpaired) electrons. The van der Waals surface area contributed by atoms with Gasteiger partial charge in [0.25, 0.3) is 0 Å². The van der Waals surface area contributed by atoms with Gasteiger partial charge in [0.05, 0.1) is 12.0 Å². The summed E-state index contributed by atoms with van der Waals surface area (Å²) in [5.74, 6) is 0.877. The van der Waals surface area contributed by atoms with E-state index in [-0.39, 0.29) is 0 Å². The van der Waals surface area contributed by atoms with E-state index in [2.05, 4.69) is 29.4 Å². The summed E-state index contributed by atoms with van der Waals surface area (Å²) in [6.07, 6.45) is 3.02. The minimum atomic E-state index is 0.877. The lowest BCUT2D eigenvalue weighted by Crippen LogP contribution is -1.97. The van der Waals surface area contributed by atoms with Gasteiger partial charge in [-0.3, -0.25) is 0 Å². The van der Waals surface area contributed by atoms with E-state index in [0.717, 1.165) is 23.8 Å². The van der Waals surface area contributed by atoms with Crippen molar-refractivity contribution in [3.05, 3.63) is 30.5 Å².